The van der Waals surface area contributed by atoms with Crippen LogP contribution < -0.4 is 4.74 Å². The number of benzene rings is 2. The number of Topliss-reactive ketones (excluding diaryl/α,β-unsaturated/α-hetero) is 1. The van der Waals surface area contributed by atoms with E-state index in [1.165, 1.54) is 40.6 Å². The number of methoxy groups -OCH3 is 2. The molecule has 0 bridgehead atoms. The van der Waals surface area contributed by atoms with Crippen LogP contribution in [0.1, 0.15) is 23.6 Å². The number of hydrogen-bond donors (Lipinski definition) is 1. The summed E-state index contributed by atoms with van der Waals surface area (Å²) in [6, 6.07) is 11.8. The van der Waals surface area contributed by atoms with E-state index in [9.17, 15) is 23.1 Å². The first-order valence-electron chi connectivity index (χ1n) is 11.9. The van der Waals surface area contributed by atoms with Crippen molar-refractivity contribution >= 4 is 27.5 Å². The first-order chi connectivity index (χ1) is 17.8. The van der Waals surface area contributed by atoms with Crippen LogP contribution in [0.15, 0.2) is 59.0 Å². The van der Waals surface area contributed by atoms with Crippen LogP contribution in [0.3, 0.4) is 0 Å². The number of aliphatic hydroxyl groups is 1. The number of ketones is 1. The number of carbonyl (C=O) groups is 2. The summed E-state index contributed by atoms with van der Waals surface area (Å²) in [5.74, 6) is -1.38. The van der Waals surface area contributed by atoms with Gasteiger partial charge in [0, 0.05) is 38.9 Å². The van der Waals surface area contributed by atoms with Crippen LogP contribution in [0.4, 0.5) is 0 Å². The van der Waals surface area contributed by atoms with Gasteiger partial charge in [0.15, 0.2) is 0 Å². The topological polar surface area (TPSA) is 123 Å². The lowest BCUT2D eigenvalue weighted by atomic mass is 9.95. The molecule has 2 fully saturated rings. The van der Waals surface area contributed by atoms with Gasteiger partial charge in [-0.25, -0.2) is 8.42 Å². The zero-order chi connectivity index (χ0) is 26.6. The summed E-state index contributed by atoms with van der Waals surface area (Å²) >= 11 is 0. The van der Waals surface area contributed by atoms with Crippen molar-refractivity contribution in [3.63, 3.8) is 0 Å². The fourth-order valence-corrected chi connectivity index (χ4v) is 5.93. The minimum absolute atomic E-state index is 0.0651. The molecule has 1 amide bonds. The number of morpholine rings is 1. The number of likely N-dealkylation sites (tertiary alicyclic amines) is 1. The molecule has 0 aromatic heterocycles. The van der Waals surface area contributed by atoms with Gasteiger partial charge in [-0.1, -0.05) is 12.1 Å². The van der Waals surface area contributed by atoms with Gasteiger partial charge in [-0.2, -0.15) is 4.31 Å². The zero-order valence-corrected chi connectivity index (χ0v) is 21.6. The van der Waals surface area contributed by atoms with Gasteiger partial charge in [0.2, 0.25) is 10.0 Å². The van der Waals surface area contributed by atoms with Crippen molar-refractivity contribution in [3.05, 3.63) is 65.2 Å². The Morgan fingerprint density at radius 1 is 1.08 bits per heavy atom. The summed E-state index contributed by atoms with van der Waals surface area (Å²) < 4.78 is 42.9. The Morgan fingerprint density at radius 3 is 2.43 bits per heavy atom. The van der Waals surface area contributed by atoms with E-state index in [1.807, 2.05) is 0 Å². The fraction of sp³-hybridized carbons (Fsp3) is 0.385. The highest BCUT2D eigenvalue weighted by Crippen LogP contribution is 2.40. The Balaban J connectivity index is 1.73. The molecule has 1 atom stereocenters. The van der Waals surface area contributed by atoms with E-state index in [4.69, 9.17) is 14.2 Å². The van der Waals surface area contributed by atoms with Crippen LogP contribution in [0.2, 0.25) is 0 Å². The molecule has 2 aromatic carbocycles. The second kappa shape index (κ2) is 11.4. The lowest BCUT2D eigenvalue weighted by Gasteiger charge is -2.26. The third-order valence-electron chi connectivity index (χ3n) is 6.43. The Bertz CT molecular complexity index is 1280. The van der Waals surface area contributed by atoms with Gasteiger partial charge in [-0.15, -0.1) is 0 Å². The standard InChI is InChI=1S/C26H30N2O8S/c1-34-14-4-11-28-23(19-5-3-6-20(17-19)35-2)22(25(30)26(28)31)24(29)18-7-9-21(10-8-18)37(32,33)27-12-15-36-16-13-27/h3,5-10,17,23,29H,4,11-16H2,1-2H3/b24-22+/t23-/m1/s1. The minimum atomic E-state index is -3.73. The van der Waals surface area contributed by atoms with Crippen molar-refractivity contribution in [2.24, 2.45) is 0 Å². The molecule has 2 aromatic rings. The summed E-state index contributed by atoms with van der Waals surface area (Å²) in [4.78, 5) is 27.6. The van der Waals surface area contributed by atoms with Gasteiger partial charge in [-0.3, -0.25) is 9.59 Å². The van der Waals surface area contributed by atoms with Crippen LogP contribution in [0, 0.1) is 0 Å². The molecular formula is C26H30N2O8S. The molecule has 2 heterocycles. The van der Waals surface area contributed by atoms with E-state index >= 15 is 0 Å². The third-order valence-corrected chi connectivity index (χ3v) is 8.35. The maximum absolute atomic E-state index is 13.1. The van der Waals surface area contributed by atoms with Gasteiger partial charge >= 0.3 is 0 Å². The summed E-state index contributed by atoms with van der Waals surface area (Å²) in [5.41, 5.74) is 0.757. The zero-order valence-electron chi connectivity index (χ0n) is 20.8. The van der Waals surface area contributed by atoms with E-state index in [0.717, 1.165) is 0 Å². The van der Waals surface area contributed by atoms with Crippen molar-refractivity contribution in [2.75, 3.05) is 53.7 Å². The Morgan fingerprint density at radius 2 is 1.78 bits per heavy atom. The summed E-state index contributed by atoms with van der Waals surface area (Å²) in [7, 11) is -0.658. The predicted molar refractivity (Wildman–Crippen MR) is 135 cm³/mol. The van der Waals surface area contributed by atoms with Gasteiger partial charge in [0.1, 0.15) is 11.5 Å². The highest BCUT2D eigenvalue weighted by molar-refractivity contribution is 7.89. The highest BCUT2D eigenvalue weighted by Gasteiger charge is 2.46. The molecule has 4 rings (SSSR count). The quantitative estimate of drug-likeness (QED) is 0.227. The van der Waals surface area contributed by atoms with E-state index in [1.54, 1.807) is 31.4 Å². The second-order valence-corrected chi connectivity index (χ2v) is 10.6. The molecule has 198 valence electrons. The molecule has 0 saturated carbocycles. The average Bonchev–Trinajstić information content (AvgIpc) is 3.18. The van der Waals surface area contributed by atoms with Gasteiger partial charge in [0.25, 0.3) is 11.7 Å². The van der Waals surface area contributed by atoms with Gasteiger partial charge in [0.05, 0.1) is 36.8 Å². The molecule has 0 spiro atoms. The van der Waals surface area contributed by atoms with Crippen LogP contribution in [0.25, 0.3) is 5.76 Å². The third kappa shape index (κ3) is 5.40. The molecule has 0 unspecified atom stereocenters. The molecule has 11 heteroatoms. The second-order valence-electron chi connectivity index (χ2n) is 8.66. The lowest BCUT2D eigenvalue weighted by Crippen LogP contribution is -2.40. The molecule has 37 heavy (non-hydrogen) atoms. The number of rotatable bonds is 9. The van der Waals surface area contributed by atoms with Crippen LogP contribution in [0.5, 0.6) is 5.75 Å². The summed E-state index contributed by atoms with van der Waals surface area (Å²) in [6.45, 7) is 1.81. The lowest BCUT2D eigenvalue weighted by molar-refractivity contribution is -0.140. The summed E-state index contributed by atoms with van der Waals surface area (Å²) in [5, 5.41) is 11.2. The number of ether oxygens (including phenoxy) is 3. The number of aliphatic hydroxyl groups excluding tert-OH is 1. The molecule has 10 nitrogen and oxygen atoms in total. The number of hydrogen-bond acceptors (Lipinski definition) is 8. The van der Waals surface area contributed by atoms with Crippen molar-refractivity contribution in [1.82, 2.24) is 9.21 Å². The SMILES string of the molecule is COCCCN1C(=O)C(=O)/C(=C(/O)c2ccc(S(=O)(=O)N3CCOCC3)cc2)[C@H]1c1cccc(OC)c1. The van der Waals surface area contributed by atoms with E-state index in [-0.39, 0.29) is 41.4 Å². The van der Waals surface area contributed by atoms with Crippen molar-refractivity contribution in [2.45, 2.75) is 17.4 Å². The van der Waals surface area contributed by atoms with Crippen molar-refractivity contribution in [3.8, 4) is 5.75 Å². The average molecular weight is 531 g/mol. The first-order valence-corrected chi connectivity index (χ1v) is 13.3. The normalized spacial score (nSPS) is 20.4. The molecule has 0 aliphatic carbocycles. The summed E-state index contributed by atoms with van der Waals surface area (Å²) in [6.07, 6.45) is 0.498. The highest BCUT2D eigenvalue weighted by atomic mass is 32.2. The molecule has 1 N–H and O–H groups in total. The van der Waals surface area contributed by atoms with E-state index in [2.05, 4.69) is 0 Å². The largest absolute Gasteiger partial charge is 0.507 e. The number of carbonyl (C=O) groups excluding carboxylic acids is 2. The van der Waals surface area contributed by atoms with Crippen molar-refractivity contribution < 1.29 is 37.3 Å². The molecular weight excluding hydrogens is 500 g/mol. The predicted octanol–water partition coefficient (Wildman–Crippen LogP) is 2.17. The Hall–Kier alpha value is -3.25. The molecule has 2 aliphatic heterocycles. The molecule has 2 saturated heterocycles. The maximum atomic E-state index is 13.1. The number of sulfonamides is 1. The van der Waals surface area contributed by atoms with Crippen LogP contribution in [-0.2, 0) is 29.1 Å². The number of amides is 1. The fourth-order valence-electron chi connectivity index (χ4n) is 4.52. The van der Waals surface area contributed by atoms with Crippen LogP contribution in [-0.4, -0.2) is 88.1 Å². The Kier molecular flexibility index (Phi) is 8.28. The maximum Gasteiger partial charge on any atom is 0.295 e. The van der Waals surface area contributed by atoms with Gasteiger partial charge < -0.3 is 24.2 Å². The van der Waals surface area contributed by atoms with E-state index in [0.29, 0.717) is 37.6 Å². The monoisotopic (exact) mass is 530 g/mol. The molecule has 2 aliphatic rings. The van der Waals surface area contributed by atoms with Crippen LogP contribution >= 0.6 is 0 Å². The first kappa shape index (κ1) is 26.8. The number of nitrogens with zero attached hydrogens (tertiary/aromatic N) is 2. The Labute approximate surface area is 216 Å². The van der Waals surface area contributed by atoms with Gasteiger partial charge in [-0.05, 0) is 48.4 Å². The molecule has 0 radical (unpaired) electrons. The smallest absolute Gasteiger partial charge is 0.295 e. The van der Waals surface area contributed by atoms with E-state index < -0.39 is 27.8 Å². The minimum Gasteiger partial charge on any atom is -0.507 e. The van der Waals surface area contributed by atoms with Crippen molar-refractivity contribution in [1.29, 1.82) is 0 Å².